The summed E-state index contributed by atoms with van der Waals surface area (Å²) in [6.45, 7) is 17.9. The van der Waals surface area contributed by atoms with Crippen LogP contribution in [0.15, 0.2) is 146 Å². The lowest BCUT2D eigenvalue weighted by molar-refractivity contribution is -0.787. The Hall–Kier alpha value is -7.00. The van der Waals surface area contributed by atoms with Gasteiger partial charge in [0.25, 0.3) is 0 Å². The molecule has 2 saturated heterocycles. The van der Waals surface area contributed by atoms with Gasteiger partial charge < -0.3 is 82.1 Å². The van der Waals surface area contributed by atoms with Crippen molar-refractivity contribution in [3.8, 4) is 0 Å². The Kier molecular flexibility index (Phi) is 29.7. The second kappa shape index (κ2) is 36.5. The molecule has 0 spiro atoms. The largest absolute Gasteiger partial charge is 0.545 e. The van der Waals surface area contributed by atoms with Gasteiger partial charge in [0.1, 0.15) is 52.4 Å². The Morgan fingerprint density at radius 3 is 0.625 bits per heavy atom. The van der Waals surface area contributed by atoms with E-state index >= 15 is 0 Å². The van der Waals surface area contributed by atoms with Crippen molar-refractivity contribution < 1.29 is 60.9 Å². The van der Waals surface area contributed by atoms with Crippen LogP contribution in [0.3, 0.4) is 0 Å². The van der Waals surface area contributed by atoms with Gasteiger partial charge in [0.2, 0.25) is 0 Å². The highest BCUT2D eigenvalue weighted by atomic mass is 35.5. The van der Waals surface area contributed by atoms with Crippen molar-refractivity contribution in [1.82, 2.24) is 0 Å². The van der Waals surface area contributed by atoms with Crippen LogP contribution in [0, 0.1) is 27.7 Å². The number of carbonyl (C=O) groups is 4. The van der Waals surface area contributed by atoms with Crippen LogP contribution in [0.25, 0.3) is 0 Å². The van der Waals surface area contributed by atoms with Crippen LogP contribution in [0.2, 0.25) is 40.2 Å². The lowest BCUT2D eigenvalue weighted by Gasteiger charge is -2.15. The van der Waals surface area contributed by atoms with Crippen LogP contribution >= 0.6 is 92.8 Å². The molecule has 0 atom stereocenters. The van der Waals surface area contributed by atoms with E-state index in [4.69, 9.17) is 92.8 Å². The molecule has 2 fully saturated rings. The molecule has 0 aliphatic carbocycles. The fourth-order valence-electron chi connectivity index (χ4n) is 8.22. The van der Waals surface area contributed by atoms with E-state index in [1.807, 2.05) is 27.7 Å². The van der Waals surface area contributed by atoms with Crippen LogP contribution in [0.1, 0.15) is 63.7 Å². The number of para-hydroxylation sites is 4. The maximum Gasteiger partial charge on any atom is 0.125 e. The molecule has 0 aromatic heterocycles. The van der Waals surface area contributed by atoms with Crippen molar-refractivity contribution in [2.45, 2.75) is 27.7 Å². The summed E-state index contributed by atoms with van der Waals surface area (Å²) < 4.78 is 0. The zero-order chi connectivity index (χ0) is 64.5. The van der Waals surface area contributed by atoms with E-state index in [0.717, 1.165) is 22.3 Å². The first-order valence-electron chi connectivity index (χ1n) is 27.4. The number of nitrogens with one attached hydrogen (secondary N) is 4. The molecule has 2 aliphatic heterocycles. The number of aromatic carboxylic acids is 4. The van der Waals surface area contributed by atoms with E-state index in [2.05, 4.69) is 42.5 Å². The topological polar surface area (TPSA) is 275 Å². The molecule has 0 radical (unpaired) electrons. The molecule has 10 rings (SSSR count). The van der Waals surface area contributed by atoms with Gasteiger partial charge in [0, 0.05) is 45.0 Å². The number of benzene rings is 8. The molecule has 0 unspecified atom stereocenters. The highest BCUT2D eigenvalue weighted by Crippen LogP contribution is 2.39. The summed E-state index contributed by atoms with van der Waals surface area (Å²) in [6.07, 6.45) is 0. The molecule has 16 nitrogen and oxygen atoms in total. The molecule has 0 bridgehead atoms. The first kappa shape index (κ1) is 71.8. The standard InChI is InChI=1S/4C14H11Cl2NO2.2C4H10N2/c4*1-8-6-7-10(15)13(12(8)16)17-11-5-3-2-4-9(11)14(18)19;2*1-2-6-4-3-5-1/h4*2-7,17H,1H3,(H,18,19);2*5-6H,1-4H2. The zero-order valence-corrected chi connectivity index (χ0v) is 54.2. The fraction of sp³-hybridized carbons (Fsp3) is 0.188. The van der Waals surface area contributed by atoms with Gasteiger partial charge in [-0.2, -0.15) is 0 Å². The highest BCUT2D eigenvalue weighted by Gasteiger charge is 2.15. The number of halogens is 8. The van der Waals surface area contributed by atoms with Gasteiger partial charge in [0.15, 0.2) is 0 Å². The fourth-order valence-corrected chi connectivity index (χ4v) is 10.1. The molecule has 0 amide bonds. The molecule has 12 N–H and O–H groups in total. The summed E-state index contributed by atoms with van der Waals surface area (Å²) in [6, 6.07) is 39.6. The predicted molar refractivity (Wildman–Crippen MR) is 348 cm³/mol. The van der Waals surface area contributed by atoms with Crippen LogP contribution in [0.5, 0.6) is 0 Å². The number of quaternary nitrogens is 4. The summed E-state index contributed by atoms with van der Waals surface area (Å²) in [4.78, 5) is 44.1. The SMILES string of the molecule is C1C[NH2+]CC[NH2+]1.C1C[NH2+]CC[NH2+]1.Cc1ccc(Cl)c(Nc2ccccc2C(=O)[O-])c1Cl.Cc1ccc(Cl)c(Nc2ccccc2C(=O)[O-])c1Cl.Cc1ccc(Cl)c(Nc2ccccc2C(=O)[O-])c1Cl.Cc1ccc(Cl)c(Nc2ccccc2C(=O)[O-])c1Cl. The highest BCUT2D eigenvalue weighted by molar-refractivity contribution is 6.42. The Labute approximate surface area is 550 Å². The maximum atomic E-state index is 11.0. The predicted octanol–water partition coefficient (Wildman–Crippen LogP) is 7.89. The minimum atomic E-state index is -1.26. The molecule has 0 saturated carbocycles. The normalized spacial score (nSPS) is 12.1. The Bertz CT molecular complexity index is 3220. The number of carboxylic acid groups (broad SMARTS) is 4. The second-order valence-electron chi connectivity index (χ2n) is 19.5. The Morgan fingerprint density at radius 1 is 0.295 bits per heavy atom. The van der Waals surface area contributed by atoms with Gasteiger partial charge in [-0.3, -0.25) is 0 Å². The number of piperazine rings is 2. The lowest BCUT2D eigenvalue weighted by atomic mass is 10.1. The molecular formula is C64H64Cl8N8O8. The Balaban J connectivity index is 0.000000200. The van der Waals surface area contributed by atoms with E-state index in [9.17, 15) is 39.6 Å². The number of carbonyl (C=O) groups excluding carboxylic acids is 4. The number of carboxylic acids is 4. The van der Waals surface area contributed by atoms with Gasteiger partial charge in [-0.1, -0.05) is 190 Å². The minimum Gasteiger partial charge on any atom is -0.545 e. The zero-order valence-electron chi connectivity index (χ0n) is 48.1. The number of anilines is 8. The molecule has 8 aromatic rings. The first-order valence-corrected chi connectivity index (χ1v) is 30.4. The quantitative estimate of drug-likeness (QED) is 0.0580. The number of rotatable bonds is 12. The van der Waals surface area contributed by atoms with Crippen molar-refractivity contribution in [2.24, 2.45) is 0 Å². The third kappa shape index (κ3) is 21.6. The van der Waals surface area contributed by atoms with Gasteiger partial charge in [-0.05, 0) is 98.5 Å². The van der Waals surface area contributed by atoms with Gasteiger partial charge >= 0.3 is 0 Å². The number of hydrogen-bond acceptors (Lipinski definition) is 12. The van der Waals surface area contributed by atoms with E-state index in [-0.39, 0.29) is 22.3 Å². The van der Waals surface area contributed by atoms with Crippen LogP contribution in [0.4, 0.5) is 45.5 Å². The van der Waals surface area contributed by atoms with Crippen molar-refractivity contribution in [3.05, 3.63) is 230 Å². The van der Waals surface area contributed by atoms with Gasteiger partial charge in [-0.25, -0.2) is 0 Å². The first-order chi connectivity index (χ1) is 42.0. The summed E-state index contributed by atoms with van der Waals surface area (Å²) in [7, 11) is 0. The number of nitrogens with two attached hydrogens (primary N) is 4. The molecule has 464 valence electrons. The third-order valence-corrected chi connectivity index (χ3v) is 16.3. The third-order valence-electron chi connectivity index (χ3n) is 13.1. The average molecular weight is 1360 g/mol. The second-order valence-corrected chi connectivity index (χ2v) is 22.6. The smallest absolute Gasteiger partial charge is 0.125 e. The van der Waals surface area contributed by atoms with Crippen molar-refractivity contribution in [2.75, 3.05) is 73.6 Å². The summed E-state index contributed by atoms with van der Waals surface area (Å²) >= 11 is 49.0. The molecule has 24 heteroatoms. The van der Waals surface area contributed by atoms with E-state index in [0.29, 0.717) is 85.7 Å². The summed E-state index contributed by atoms with van der Waals surface area (Å²) in [5, 5.41) is 68.9. The maximum absolute atomic E-state index is 11.0. The van der Waals surface area contributed by atoms with Crippen LogP contribution in [-0.2, 0) is 0 Å². The van der Waals surface area contributed by atoms with E-state index in [1.165, 1.54) is 76.6 Å². The molecule has 2 heterocycles. The van der Waals surface area contributed by atoms with Crippen molar-refractivity contribution >= 4 is 162 Å². The minimum absolute atomic E-state index is 0.0520. The van der Waals surface area contributed by atoms with Gasteiger partial charge in [-0.15, -0.1) is 0 Å². The van der Waals surface area contributed by atoms with Gasteiger partial charge in [0.05, 0.1) is 86.8 Å². The average Bonchev–Trinajstić information content (AvgIpc) is 3.66. The monoisotopic (exact) mass is 1350 g/mol. The van der Waals surface area contributed by atoms with Crippen LogP contribution in [-0.4, -0.2) is 76.2 Å². The number of aryl methyl sites for hydroxylation is 4. The molecular weight excluding hydrogens is 1290 g/mol. The summed E-state index contributed by atoms with van der Waals surface area (Å²) in [5.41, 5.74) is 7.07. The summed E-state index contributed by atoms with van der Waals surface area (Å²) in [5.74, 6) is -5.04. The van der Waals surface area contributed by atoms with E-state index in [1.54, 1.807) is 121 Å². The van der Waals surface area contributed by atoms with Crippen molar-refractivity contribution in [1.29, 1.82) is 0 Å². The number of hydrogen-bond donors (Lipinski definition) is 8. The molecule has 88 heavy (non-hydrogen) atoms. The lowest BCUT2D eigenvalue weighted by Crippen LogP contribution is -3.04. The van der Waals surface area contributed by atoms with Crippen molar-refractivity contribution in [3.63, 3.8) is 0 Å². The van der Waals surface area contributed by atoms with Crippen LogP contribution < -0.4 is 63.0 Å². The van der Waals surface area contributed by atoms with E-state index < -0.39 is 23.9 Å². The molecule has 8 aromatic carbocycles. The Morgan fingerprint density at radius 2 is 0.466 bits per heavy atom. The molecule has 2 aliphatic rings.